The highest BCUT2D eigenvalue weighted by Gasteiger charge is 2.56. The van der Waals surface area contributed by atoms with Gasteiger partial charge in [0.1, 0.15) is 0 Å². The second-order valence-corrected chi connectivity index (χ2v) is 10.5. The number of hydrogen-bond acceptors (Lipinski definition) is 0. The smallest absolute Gasteiger partial charge is 0.0818 e. The minimum absolute atomic E-state index is 0.0457. The van der Waals surface area contributed by atoms with Crippen molar-refractivity contribution in [2.75, 3.05) is 0 Å². The standard InChI is InChI=1S/C23H38N2/c1-17(2)21(6,7)23(10,11)25-16-24(22(8,9)20(3,4)5)18-14-12-13-15-19(18)25/h12-15,17H,1-11H3/q+2. The van der Waals surface area contributed by atoms with Gasteiger partial charge in [-0.2, -0.15) is 0 Å². The number of nitrogens with zero attached hydrogens (tertiary/aromatic N) is 2. The summed E-state index contributed by atoms with van der Waals surface area (Å²) in [4.78, 5) is 0. The van der Waals surface area contributed by atoms with Crippen LogP contribution in [-0.4, -0.2) is 26.2 Å². The maximum atomic E-state index is 3.77. The van der Waals surface area contributed by atoms with E-state index in [0.717, 1.165) is 0 Å². The molecule has 1 aromatic rings. The fourth-order valence-electron chi connectivity index (χ4n) is 3.23. The molecule has 0 spiro atoms. The van der Waals surface area contributed by atoms with E-state index in [9.17, 15) is 0 Å². The third-order valence-electron chi connectivity index (χ3n) is 7.54. The van der Waals surface area contributed by atoms with Gasteiger partial charge in [-0.1, -0.05) is 69.7 Å². The zero-order valence-electron chi connectivity index (χ0n) is 18.3. The molecule has 138 valence electrons. The van der Waals surface area contributed by atoms with Crippen molar-refractivity contribution in [3.63, 3.8) is 0 Å². The van der Waals surface area contributed by atoms with Crippen LogP contribution in [0.25, 0.3) is 0 Å². The molecule has 1 aliphatic heterocycles. The van der Waals surface area contributed by atoms with E-state index in [4.69, 9.17) is 0 Å². The first-order valence-electron chi connectivity index (χ1n) is 9.61. The lowest BCUT2D eigenvalue weighted by Gasteiger charge is -2.38. The van der Waals surface area contributed by atoms with E-state index in [-0.39, 0.29) is 21.9 Å². The van der Waals surface area contributed by atoms with Crippen molar-refractivity contribution in [3.8, 4) is 0 Å². The molecular formula is C23H38N2+2. The van der Waals surface area contributed by atoms with Gasteiger partial charge in [0.25, 0.3) is 11.4 Å². The molecule has 0 atom stereocenters. The molecule has 0 fully saturated rings. The number of fused-ring (bicyclic) bond motifs is 1. The van der Waals surface area contributed by atoms with Gasteiger partial charge in [0.2, 0.25) is 0 Å². The lowest BCUT2D eigenvalue weighted by atomic mass is 9.67. The van der Waals surface area contributed by atoms with Crippen LogP contribution in [0, 0.1) is 16.7 Å². The Kier molecular flexibility index (Phi) is 4.63. The van der Waals surface area contributed by atoms with Crippen molar-refractivity contribution in [1.29, 1.82) is 0 Å². The lowest BCUT2D eigenvalue weighted by molar-refractivity contribution is -0.572. The fourth-order valence-corrected chi connectivity index (χ4v) is 3.23. The molecule has 0 N–H and O–H groups in total. The highest BCUT2D eigenvalue weighted by atomic mass is 15.2. The Bertz CT molecular complexity index is 734. The molecule has 0 aliphatic carbocycles. The highest BCUT2D eigenvalue weighted by Crippen LogP contribution is 2.47. The van der Waals surface area contributed by atoms with E-state index < -0.39 is 0 Å². The average molecular weight is 343 g/mol. The Balaban J connectivity index is 2.78. The summed E-state index contributed by atoms with van der Waals surface area (Å²) < 4.78 is 4.75. The summed E-state index contributed by atoms with van der Waals surface area (Å²) in [6.45, 7) is 25.7. The van der Waals surface area contributed by atoms with Crippen LogP contribution in [0.1, 0.15) is 76.2 Å². The molecule has 2 rings (SSSR count). The first-order chi connectivity index (χ1) is 11.2. The lowest BCUT2D eigenvalue weighted by Crippen LogP contribution is -2.49. The monoisotopic (exact) mass is 342 g/mol. The molecule has 0 saturated carbocycles. The number of hydrogen-bond donors (Lipinski definition) is 0. The molecule has 2 heteroatoms. The zero-order valence-corrected chi connectivity index (χ0v) is 18.3. The second kappa shape index (κ2) is 5.81. The summed E-state index contributed by atoms with van der Waals surface area (Å²) in [6, 6.07) is 12.5. The molecule has 1 aliphatic rings. The Morgan fingerprint density at radius 1 is 0.720 bits per heavy atom. The van der Waals surface area contributed by atoms with E-state index in [2.05, 4.69) is 116 Å². The molecule has 0 radical (unpaired) electrons. The fraction of sp³-hybridized carbons (Fsp3) is 0.696. The van der Waals surface area contributed by atoms with Crippen molar-refractivity contribution < 1.29 is 9.15 Å². The Hall–Kier alpha value is -1.40. The summed E-state index contributed by atoms with van der Waals surface area (Å²) in [5, 5.41) is 0. The topological polar surface area (TPSA) is 6.02 Å². The molecule has 0 aromatic heterocycles. The van der Waals surface area contributed by atoms with Crippen LogP contribution >= 0.6 is 0 Å². The molecule has 25 heavy (non-hydrogen) atoms. The molecule has 1 aromatic carbocycles. The second-order valence-electron chi connectivity index (χ2n) is 10.5. The minimum atomic E-state index is -0.0556. The van der Waals surface area contributed by atoms with Gasteiger partial charge in [0.15, 0.2) is 11.1 Å². The van der Waals surface area contributed by atoms with E-state index in [1.807, 2.05) is 0 Å². The number of para-hydroxylation sites is 2. The highest BCUT2D eigenvalue weighted by molar-refractivity contribution is 5.60. The predicted octanol–water partition coefficient (Wildman–Crippen LogP) is 6.45. The molecule has 0 saturated heterocycles. The average Bonchev–Trinajstić information content (AvgIpc) is 2.86. The first kappa shape index (κ1) is 19.9. The van der Waals surface area contributed by atoms with Gasteiger partial charge in [-0.3, -0.25) is 0 Å². The van der Waals surface area contributed by atoms with Crippen molar-refractivity contribution in [1.82, 2.24) is 0 Å². The number of rotatable bonds is 4. The predicted molar refractivity (Wildman–Crippen MR) is 108 cm³/mol. The van der Waals surface area contributed by atoms with E-state index in [0.29, 0.717) is 5.92 Å². The summed E-state index contributed by atoms with van der Waals surface area (Å²) in [5.41, 5.74) is 2.68. The van der Waals surface area contributed by atoms with Crippen molar-refractivity contribution in [2.24, 2.45) is 16.7 Å². The van der Waals surface area contributed by atoms with Crippen molar-refractivity contribution in [2.45, 2.75) is 87.2 Å². The van der Waals surface area contributed by atoms with Crippen molar-refractivity contribution in [3.05, 3.63) is 24.3 Å². The molecular weight excluding hydrogens is 304 g/mol. The summed E-state index contributed by atoms with van der Waals surface area (Å²) in [6.07, 6.45) is 0. The molecule has 2 nitrogen and oxygen atoms in total. The van der Waals surface area contributed by atoms with Gasteiger partial charge >= 0.3 is 6.01 Å². The SMILES string of the molecule is CC(C)C(C)(C)C(C)(C)[N+]1=C=[N+](C(C)(C)C(C)(C)C)c2ccccc21. The third kappa shape index (κ3) is 2.89. The van der Waals surface area contributed by atoms with E-state index in [1.54, 1.807) is 0 Å². The Morgan fingerprint density at radius 3 is 1.48 bits per heavy atom. The van der Waals surface area contributed by atoms with Crippen LogP contribution in [0.15, 0.2) is 24.3 Å². The summed E-state index contributed by atoms with van der Waals surface area (Å²) in [5.74, 6) is 0.570. The summed E-state index contributed by atoms with van der Waals surface area (Å²) in [7, 11) is 0. The third-order valence-corrected chi connectivity index (χ3v) is 7.54. The van der Waals surface area contributed by atoms with Gasteiger partial charge in [0, 0.05) is 50.7 Å². The van der Waals surface area contributed by atoms with Crippen LogP contribution in [0.5, 0.6) is 0 Å². The van der Waals surface area contributed by atoms with Gasteiger partial charge in [-0.05, 0) is 5.92 Å². The van der Waals surface area contributed by atoms with Crippen LogP contribution in [0.4, 0.5) is 11.4 Å². The molecule has 1 heterocycles. The maximum absolute atomic E-state index is 3.77. The summed E-state index contributed by atoms with van der Waals surface area (Å²) >= 11 is 0. The minimum Gasteiger partial charge on any atom is -0.0818 e. The van der Waals surface area contributed by atoms with Crippen LogP contribution < -0.4 is 0 Å². The van der Waals surface area contributed by atoms with Gasteiger partial charge in [-0.25, -0.2) is 0 Å². The van der Waals surface area contributed by atoms with E-state index >= 15 is 0 Å². The normalized spacial score (nSPS) is 16.0. The van der Waals surface area contributed by atoms with E-state index in [1.165, 1.54) is 11.4 Å². The van der Waals surface area contributed by atoms with Gasteiger partial charge in [-0.15, -0.1) is 0 Å². The number of benzene rings is 1. The van der Waals surface area contributed by atoms with Gasteiger partial charge in [0.05, 0.1) is 0 Å². The maximum Gasteiger partial charge on any atom is 0.490 e. The van der Waals surface area contributed by atoms with Crippen LogP contribution in [-0.2, 0) is 0 Å². The molecule has 0 amide bonds. The van der Waals surface area contributed by atoms with Crippen LogP contribution in [0.3, 0.4) is 0 Å². The van der Waals surface area contributed by atoms with Crippen molar-refractivity contribution >= 4 is 17.4 Å². The Morgan fingerprint density at radius 2 is 1.12 bits per heavy atom. The quantitative estimate of drug-likeness (QED) is 0.555. The first-order valence-corrected chi connectivity index (χ1v) is 9.61. The molecule has 0 unspecified atom stereocenters. The largest absolute Gasteiger partial charge is 0.490 e. The zero-order chi connectivity index (χ0) is 19.4. The Labute approximate surface area is 155 Å². The van der Waals surface area contributed by atoms with Crippen LogP contribution in [0.2, 0.25) is 0 Å². The van der Waals surface area contributed by atoms with Gasteiger partial charge < -0.3 is 0 Å². The molecule has 0 bridgehead atoms.